The Morgan fingerprint density at radius 1 is 1.12 bits per heavy atom. The summed E-state index contributed by atoms with van der Waals surface area (Å²) >= 11 is 0. The number of aryl methyl sites for hydroxylation is 1. The Morgan fingerprint density at radius 2 is 1.96 bits per heavy atom. The Morgan fingerprint density at radius 3 is 2.69 bits per heavy atom. The fraction of sp³-hybridized carbons (Fsp3) is 0.200. The summed E-state index contributed by atoms with van der Waals surface area (Å²) in [6, 6.07) is 11.7. The molecule has 0 unspecified atom stereocenters. The van der Waals surface area contributed by atoms with Gasteiger partial charge in [0.05, 0.1) is 14.2 Å². The van der Waals surface area contributed by atoms with Crippen LogP contribution in [0, 0.1) is 5.82 Å². The molecule has 5 nitrogen and oxygen atoms in total. The minimum atomic E-state index is -0.274. The van der Waals surface area contributed by atoms with Gasteiger partial charge in [0.25, 0.3) is 5.91 Å². The molecule has 3 rings (SSSR count). The van der Waals surface area contributed by atoms with Gasteiger partial charge in [0.1, 0.15) is 28.8 Å². The summed E-state index contributed by atoms with van der Waals surface area (Å²) in [7, 11) is 3.13. The van der Waals surface area contributed by atoms with E-state index in [1.807, 2.05) is 6.07 Å². The highest BCUT2D eigenvalue weighted by Crippen LogP contribution is 2.27. The Balaban J connectivity index is 1.78. The van der Waals surface area contributed by atoms with Gasteiger partial charge in [0.2, 0.25) is 0 Å². The predicted octanol–water partition coefficient (Wildman–Crippen LogP) is 3.34. The van der Waals surface area contributed by atoms with Crippen molar-refractivity contribution in [2.24, 2.45) is 4.99 Å². The molecule has 26 heavy (non-hydrogen) atoms. The van der Waals surface area contributed by atoms with Gasteiger partial charge < -0.3 is 14.8 Å². The lowest BCUT2D eigenvalue weighted by Gasteiger charge is -2.07. The van der Waals surface area contributed by atoms with Crippen LogP contribution >= 0.6 is 0 Å². The molecule has 134 valence electrons. The molecule has 0 bridgehead atoms. The predicted molar refractivity (Wildman–Crippen MR) is 97.8 cm³/mol. The second-order valence-corrected chi connectivity index (χ2v) is 5.78. The van der Waals surface area contributed by atoms with Gasteiger partial charge in [-0.25, -0.2) is 9.38 Å². The molecule has 0 aliphatic carbocycles. The molecular weight excluding hydrogens is 335 g/mol. The fourth-order valence-corrected chi connectivity index (χ4v) is 2.69. The largest absolute Gasteiger partial charge is 0.497 e. The SMILES string of the molecule is COc1ccc(OC)c(/C=C2\N=C(CCc3cccc(F)c3)NC2=O)c1. The average Bonchev–Trinajstić information content (AvgIpc) is 2.99. The second kappa shape index (κ2) is 7.82. The van der Waals surface area contributed by atoms with Crippen LogP contribution < -0.4 is 14.8 Å². The Hall–Kier alpha value is -3.15. The van der Waals surface area contributed by atoms with Crippen LogP contribution in [0.25, 0.3) is 6.08 Å². The van der Waals surface area contributed by atoms with E-state index in [1.165, 1.54) is 12.1 Å². The van der Waals surface area contributed by atoms with E-state index in [1.54, 1.807) is 44.6 Å². The lowest BCUT2D eigenvalue weighted by Crippen LogP contribution is -2.24. The van der Waals surface area contributed by atoms with Crippen LogP contribution in [0.5, 0.6) is 11.5 Å². The van der Waals surface area contributed by atoms with E-state index in [9.17, 15) is 9.18 Å². The van der Waals surface area contributed by atoms with Gasteiger partial charge in [-0.2, -0.15) is 0 Å². The fourth-order valence-electron chi connectivity index (χ4n) is 2.69. The van der Waals surface area contributed by atoms with E-state index < -0.39 is 0 Å². The molecule has 1 aliphatic rings. The first kappa shape index (κ1) is 17.7. The van der Waals surface area contributed by atoms with E-state index in [0.717, 1.165) is 5.56 Å². The molecule has 0 aromatic heterocycles. The van der Waals surface area contributed by atoms with Crippen LogP contribution in [-0.2, 0) is 11.2 Å². The van der Waals surface area contributed by atoms with Crippen LogP contribution in [0.15, 0.2) is 53.2 Å². The van der Waals surface area contributed by atoms with Crippen LogP contribution in [-0.4, -0.2) is 26.0 Å². The topological polar surface area (TPSA) is 59.9 Å². The molecule has 1 amide bonds. The molecule has 6 heteroatoms. The Bertz CT molecular complexity index is 890. The van der Waals surface area contributed by atoms with Gasteiger partial charge in [0, 0.05) is 12.0 Å². The van der Waals surface area contributed by atoms with Crippen LogP contribution in [0.4, 0.5) is 4.39 Å². The highest BCUT2D eigenvalue weighted by atomic mass is 19.1. The van der Waals surface area contributed by atoms with Crippen LogP contribution in [0.1, 0.15) is 17.5 Å². The lowest BCUT2D eigenvalue weighted by atomic mass is 10.1. The first-order chi connectivity index (χ1) is 12.6. The average molecular weight is 354 g/mol. The highest BCUT2D eigenvalue weighted by Gasteiger charge is 2.20. The van der Waals surface area contributed by atoms with E-state index in [0.29, 0.717) is 41.4 Å². The summed E-state index contributed by atoms with van der Waals surface area (Å²) in [6.45, 7) is 0. The Labute approximate surface area is 151 Å². The quantitative estimate of drug-likeness (QED) is 0.810. The summed E-state index contributed by atoms with van der Waals surface area (Å²) in [4.78, 5) is 16.5. The summed E-state index contributed by atoms with van der Waals surface area (Å²) in [5.41, 5.74) is 1.85. The van der Waals surface area contributed by atoms with E-state index in [2.05, 4.69) is 10.3 Å². The summed E-state index contributed by atoms with van der Waals surface area (Å²) in [5.74, 6) is 1.29. The standard InChI is InChI=1S/C20H19FN2O3/c1-25-16-7-8-18(26-2)14(11-16)12-17-20(24)23-19(22-17)9-6-13-4-3-5-15(21)10-13/h3-5,7-8,10-12H,6,9H2,1-2H3,(H,22,23,24)/b17-12-. The van der Waals surface area contributed by atoms with Crippen molar-refractivity contribution < 1.29 is 18.7 Å². The number of benzene rings is 2. The Kier molecular flexibility index (Phi) is 5.31. The number of rotatable bonds is 6. The third-order valence-electron chi connectivity index (χ3n) is 4.01. The van der Waals surface area contributed by atoms with Crippen molar-refractivity contribution in [3.63, 3.8) is 0 Å². The van der Waals surface area contributed by atoms with Crippen molar-refractivity contribution in [3.05, 3.63) is 65.1 Å². The van der Waals surface area contributed by atoms with Gasteiger partial charge in [-0.15, -0.1) is 0 Å². The molecule has 2 aromatic rings. The molecule has 1 aliphatic heterocycles. The summed E-state index contributed by atoms with van der Waals surface area (Å²) in [5, 5.41) is 2.75. The molecule has 0 radical (unpaired) electrons. The molecule has 0 saturated heterocycles. The minimum absolute atomic E-state index is 0.273. The number of carbonyl (C=O) groups excluding carboxylic acids is 1. The van der Waals surface area contributed by atoms with E-state index >= 15 is 0 Å². The van der Waals surface area contributed by atoms with Crippen LogP contribution in [0.3, 0.4) is 0 Å². The number of nitrogens with one attached hydrogen (secondary N) is 1. The number of amides is 1. The van der Waals surface area contributed by atoms with Crippen molar-refractivity contribution in [1.82, 2.24) is 5.32 Å². The highest BCUT2D eigenvalue weighted by molar-refractivity contribution is 6.14. The molecule has 0 fully saturated rings. The molecule has 1 N–H and O–H groups in total. The van der Waals surface area contributed by atoms with Crippen molar-refractivity contribution in [1.29, 1.82) is 0 Å². The van der Waals surface area contributed by atoms with Gasteiger partial charge >= 0.3 is 0 Å². The monoisotopic (exact) mass is 354 g/mol. The maximum atomic E-state index is 13.2. The number of nitrogens with zero attached hydrogens (tertiary/aromatic N) is 1. The number of amidine groups is 1. The molecule has 0 spiro atoms. The number of aliphatic imine (C=N–C) groups is 1. The smallest absolute Gasteiger partial charge is 0.275 e. The number of hydrogen-bond acceptors (Lipinski definition) is 4. The second-order valence-electron chi connectivity index (χ2n) is 5.78. The summed E-state index contributed by atoms with van der Waals surface area (Å²) < 4.78 is 23.8. The van der Waals surface area contributed by atoms with Gasteiger partial charge in [0.15, 0.2) is 0 Å². The van der Waals surface area contributed by atoms with Crippen molar-refractivity contribution in [2.75, 3.05) is 14.2 Å². The molecule has 0 atom stereocenters. The normalized spacial score (nSPS) is 15.0. The number of ether oxygens (including phenoxy) is 2. The maximum Gasteiger partial charge on any atom is 0.275 e. The summed E-state index contributed by atoms with van der Waals surface area (Å²) in [6.07, 6.45) is 2.76. The number of hydrogen-bond donors (Lipinski definition) is 1. The van der Waals surface area contributed by atoms with Crippen molar-refractivity contribution in [3.8, 4) is 11.5 Å². The van der Waals surface area contributed by atoms with Gasteiger partial charge in [-0.3, -0.25) is 4.79 Å². The van der Waals surface area contributed by atoms with Crippen LogP contribution in [0.2, 0.25) is 0 Å². The van der Waals surface area contributed by atoms with E-state index in [-0.39, 0.29) is 11.7 Å². The third-order valence-corrected chi connectivity index (χ3v) is 4.01. The zero-order valence-electron chi connectivity index (χ0n) is 14.6. The number of carbonyl (C=O) groups is 1. The molecule has 1 heterocycles. The zero-order chi connectivity index (χ0) is 18.5. The molecule has 2 aromatic carbocycles. The first-order valence-corrected chi connectivity index (χ1v) is 8.16. The zero-order valence-corrected chi connectivity index (χ0v) is 14.6. The van der Waals surface area contributed by atoms with Gasteiger partial charge in [-0.05, 0) is 48.4 Å². The van der Waals surface area contributed by atoms with Crippen molar-refractivity contribution in [2.45, 2.75) is 12.8 Å². The number of halogens is 1. The van der Waals surface area contributed by atoms with E-state index in [4.69, 9.17) is 9.47 Å². The lowest BCUT2D eigenvalue weighted by molar-refractivity contribution is -0.115. The molecule has 0 saturated carbocycles. The van der Waals surface area contributed by atoms with Gasteiger partial charge in [-0.1, -0.05) is 12.1 Å². The third kappa shape index (κ3) is 4.08. The van der Waals surface area contributed by atoms with Crippen molar-refractivity contribution >= 4 is 17.8 Å². The maximum absolute atomic E-state index is 13.2. The number of methoxy groups -OCH3 is 2. The minimum Gasteiger partial charge on any atom is -0.497 e. The molecular formula is C20H19FN2O3. The first-order valence-electron chi connectivity index (χ1n) is 8.16.